The first-order chi connectivity index (χ1) is 8.54. The van der Waals surface area contributed by atoms with Gasteiger partial charge in [0.15, 0.2) is 0 Å². The molecule has 18 heavy (non-hydrogen) atoms. The zero-order chi connectivity index (χ0) is 13.1. The van der Waals surface area contributed by atoms with Gasteiger partial charge in [-0.2, -0.15) is 0 Å². The topological polar surface area (TPSA) is 29.3 Å². The van der Waals surface area contributed by atoms with Gasteiger partial charge >= 0.3 is 0 Å². The van der Waals surface area contributed by atoms with E-state index in [9.17, 15) is 0 Å². The SMILES string of the molecule is CC1CCC(N)C(CN(C)Cc2ccc(Cl)s2)C1. The van der Waals surface area contributed by atoms with E-state index in [0.717, 1.165) is 23.3 Å². The zero-order valence-electron chi connectivity index (χ0n) is 11.2. The van der Waals surface area contributed by atoms with E-state index < -0.39 is 0 Å². The van der Waals surface area contributed by atoms with Crippen LogP contribution in [0, 0.1) is 11.8 Å². The fourth-order valence-electron chi connectivity index (χ4n) is 2.90. The van der Waals surface area contributed by atoms with Crippen LogP contribution in [-0.4, -0.2) is 24.5 Å². The van der Waals surface area contributed by atoms with Crippen molar-refractivity contribution in [2.75, 3.05) is 13.6 Å². The minimum atomic E-state index is 0.385. The van der Waals surface area contributed by atoms with Gasteiger partial charge in [0.1, 0.15) is 0 Å². The van der Waals surface area contributed by atoms with E-state index in [1.165, 1.54) is 24.1 Å². The van der Waals surface area contributed by atoms with Gasteiger partial charge in [0, 0.05) is 24.0 Å². The molecular weight excluding hydrogens is 264 g/mol. The lowest BCUT2D eigenvalue weighted by Gasteiger charge is -2.35. The first-order valence-electron chi connectivity index (χ1n) is 6.73. The van der Waals surface area contributed by atoms with Gasteiger partial charge in [-0.15, -0.1) is 11.3 Å². The lowest BCUT2D eigenvalue weighted by Crippen LogP contribution is -2.41. The van der Waals surface area contributed by atoms with Crippen LogP contribution in [0.5, 0.6) is 0 Å². The molecule has 0 radical (unpaired) electrons. The van der Waals surface area contributed by atoms with E-state index >= 15 is 0 Å². The Hall–Kier alpha value is -0.0900. The second kappa shape index (κ2) is 6.38. The maximum absolute atomic E-state index is 6.24. The first-order valence-corrected chi connectivity index (χ1v) is 7.92. The minimum absolute atomic E-state index is 0.385. The van der Waals surface area contributed by atoms with E-state index in [4.69, 9.17) is 17.3 Å². The highest BCUT2D eigenvalue weighted by atomic mass is 35.5. The highest BCUT2D eigenvalue weighted by Gasteiger charge is 2.26. The van der Waals surface area contributed by atoms with Gasteiger partial charge in [0.2, 0.25) is 0 Å². The summed E-state index contributed by atoms with van der Waals surface area (Å²) in [5.41, 5.74) is 6.24. The van der Waals surface area contributed by atoms with E-state index in [1.54, 1.807) is 11.3 Å². The number of hydrogen-bond acceptors (Lipinski definition) is 3. The molecule has 3 unspecified atom stereocenters. The predicted octanol–water partition coefficient (Wildman–Crippen LogP) is 3.60. The van der Waals surface area contributed by atoms with Crippen LogP contribution in [-0.2, 0) is 6.54 Å². The van der Waals surface area contributed by atoms with E-state index in [1.807, 2.05) is 6.07 Å². The maximum atomic E-state index is 6.24. The number of nitrogens with zero attached hydrogens (tertiary/aromatic N) is 1. The Morgan fingerprint density at radius 3 is 2.89 bits per heavy atom. The molecule has 0 spiro atoms. The summed E-state index contributed by atoms with van der Waals surface area (Å²) in [7, 11) is 2.18. The molecule has 0 bridgehead atoms. The van der Waals surface area contributed by atoms with Gasteiger partial charge in [-0.05, 0) is 50.3 Å². The number of thiophene rings is 1. The molecule has 3 atom stereocenters. The van der Waals surface area contributed by atoms with Crippen LogP contribution in [0.25, 0.3) is 0 Å². The van der Waals surface area contributed by atoms with Gasteiger partial charge in [-0.25, -0.2) is 0 Å². The van der Waals surface area contributed by atoms with Crippen LogP contribution < -0.4 is 5.73 Å². The number of halogens is 1. The molecule has 2 nitrogen and oxygen atoms in total. The average Bonchev–Trinajstić information content (AvgIpc) is 2.69. The Labute approximate surface area is 119 Å². The van der Waals surface area contributed by atoms with Crippen molar-refractivity contribution in [2.45, 2.75) is 38.8 Å². The molecule has 2 N–H and O–H groups in total. The average molecular weight is 287 g/mol. The molecule has 2 rings (SSSR count). The minimum Gasteiger partial charge on any atom is -0.327 e. The normalized spacial score (nSPS) is 28.8. The van der Waals surface area contributed by atoms with Gasteiger partial charge < -0.3 is 10.6 Å². The van der Waals surface area contributed by atoms with E-state index in [2.05, 4.69) is 24.9 Å². The maximum Gasteiger partial charge on any atom is 0.0931 e. The van der Waals surface area contributed by atoms with Crippen LogP contribution in [0.2, 0.25) is 4.34 Å². The third-order valence-corrected chi connectivity index (χ3v) is 5.12. The van der Waals surface area contributed by atoms with Crippen molar-refractivity contribution in [3.05, 3.63) is 21.3 Å². The van der Waals surface area contributed by atoms with Gasteiger partial charge in [-0.3, -0.25) is 0 Å². The zero-order valence-corrected chi connectivity index (χ0v) is 12.8. The monoisotopic (exact) mass is 286 g/mol. The fraction of sp³-hybridized carbons (Fsp3) is 0.714. The fourth-order valence-corrected chi connectivity index (χ4v) is 4.07. The van der Waals surface area contributed by atoms with Crippen molar-refractivity contribution in [1.82, 2.24) is 4.90 Å². The summed E-state index contributed by atoms with van der Waals surface area (Å²) in [6, 6.07) is 4.48. The lowest BCUT2D eigenvalue weighted by molar-refractivity contribution is 0.178. The van der Waals surface area contributed by atoms with E-state index in [-0.39, 0.29) is 0 Å². The Morgan fingerprint density at radius 2 is 2.22 bits per heavy atom. The van der Waals surface area contributed by atoms with Crippen LogP contribution in [0.1, 0.15) is 31.1 Å². The van der Waals surface area contributed by atoms with Crippen LogP contribution >= 0.6 is 22.9 Å². The number of hydrogen-bond donors (Lipinski definition) is 1. The molecule has 0 amide bonds. The standard InChI is InChI=1S/C14H23ClN2S/c1-10-3-5-13(16)11(7-10)8-17(2)9-12-4-6-14(15)18-12/h4,6,10-11,13H,3,5,7-9,16H2,1-2H3. The highest BCUT2D eigenvalue weighted by molar-refractivity contribution is 7.16. The molecule has 1 aromatic rings. The predicted molar refractivity (Wildman–Crippen MR) is 80.1 cm³/mol. The third kappa shape index (κ3) is 3.95. The van der Waals surface area contributed by atoms with Crippen molar-refractivity contribution in [1.29, 1.82) is 0 Å². The Bertz CT molecular complexity index is 380. The molecule has 0 aromatic carbocycles. The molecule has 1 fully saturated rings. The van der Waals surface area contributed by atoms with E-state index in [0.29, 0.717) is 12.0 Å². The van der Waals surface area contributed by atoms with Crippen molar-refractivity contribution in [3.8, 4) is 0 Å². The second-order valence-corrected chi connectivity index (χ2v) is 7.54. The number of rotatable bonds is 4. The van der Waals surface area contributed by atoms with Crippen molar-refractivity contribution < 1.29 is 0 Å². The van der Waals surface area contributed by atoms with Crippen LogP contribution in [0.4, 0.5) is 0 Å². The van der Waals surface area contributed by atoms with Crippen LogP contribution in [0.15, 0.2) is 12.1 Å². The summed E-state index contributed by atoms with van der Waals surface area (Å²) >= 11 is 7.63. The van der Waals surface area contributed by atoms with Crippen molar-refractivity contribution in [2.24, 2.45) is 17.6 Å². The Balaban J connectivity index is 1.84. The molecule has 1 aliphatic rings. The largest absolute Gasteiger partial charge is 0.327 e. The Kier molecular flexibility index (Phi) is 5.07. The molecule has 4 heteroatoms. The summed E-state index contributed by atoms with van der Waals surface area (Å²) in [5, 5.41) is 0. The van der Waals surface area contributed by atoms with Crippen molar-refractivity contribution in [3.63, 3.8) is 0 Å². The highest BCUT2D eigenvalue weighted by Crippen LogP contribution is 2.29. The van der Waals surface area contributed by atoms with Gasteiger partial charge in [0.05, 0.1) is 4.34 Å². The first kappa shape index (κ1) is 14.3. The molecular formula is C14H23ClN2S. The molecule has 1 aliphatic carbocycles. The molecule has 1 heterocycles. The smallest absolute Gasteiger partial charge is 0.0931 e. The molecule has 0 aliphatic heterocycles. The van der Waals surface area contributed by atoms with Gasteiger partial charge in [0.25, 0.3) is 0 Å². The summed E-state index contributed by atoms with van der Waals surface area (Å²) in [4.78, 5) is 3.71. The molecule has 1 saturated carbocycles. The van der Waals surface area contributed by atoms with Crippen LogP contribution in [0.3, 0.4) is 0 Å². The summed E-state index contributed by atoms with van der Waals surface area (Å²) in [6.45, 7) is 4.42. The molecule has 102 valence electrons. The second-order valence-electron chi connectivity index (χ2n) is 5.74. The summed E-state index contributed by atoms with van der Waals surface area (Å²) in [6.07, 6.45) is 3.75. The molecule has 1 aromatic heterocycles. The third-order valence-electron chi connectivity index (χ3n) is 3.90. The summed E-state index contributed by atoms with van der Waals surface area (Å²) in [5.74, 6) is 1.48. The quantitative estimate of drug-likeness (QED) is 0.916. The number of nitrogens with two attached hydrogens (primary N) is 1. The van der Waals surface area contributed by atoms with Gasteiger partial charge in [-0.1, -0.05) is 18.5 Å². The summed E-state index contributed by atoms with van der Waals surface area (Å²) < 4.78 is 0.876. The lowest BCUT2D eigenvalue weighted by atomic mass is 9.79. The molecule has 0 saturated heterocycles. The Morgan fingerprint density at radius 1 is 1.44 bits per heavy atom. The van der Waals surface area contributed by atoms with Crippen molar-refractivity contribution >= 4 is 22.9 Å².